The number of alkyl halides is 3. The molecule has 1 aliphatic rings. The molecule has 1 saturated heterocycles. The van der Waals surface area contributed by atoms with E-state index in [-0.39, 0.29) is 36.5 Å². The molecule has 10 nitrogen and oxygen atoms in total. The summed E-state index contributed by atoms with van der Waals surface area (Å²) in [5.41, 5.74) is 1.74. The summed E-state index contributed by atoms with van der Waals surface area (Å²) in [5.74, 6) is -3.42. The van der Waals surface area contributed by atoms with Crippen molar-refractivity contribution in [2.24, 2.45) is 0 Å². The standard InChI is InChI=1S/C27H30F3N3O7S/c1-26(2,3)19-6-4-18(5-7-19)16-31-25(37)22-17-32(23(34)12-13-24(35)36)14-15-33(22)41(38,39)21-10-8-20(9-11-21)40-27(28,29)30/h4-13,22H,14-17H2,1-3H3,(H,31,37)(H,35,36)/t22-/m1/s1. The van der Waals surface area contributed by atoms with E-state index >= 15 is 0 Å². The van der Waals surface area contributed by atoms with Crippen molar-refractivity contribution < 1.29 is 45.8 Å². The van der Waals surface area contributed by atoms with Gasteiger partial charge in [0.2, 0.25) is 21.8 Å². The average Bonchev–Trinajstić information content (AvgIpc) is 2.89. The smallest absolute Gasteiger partial charge is 0.478 e. The molecule has 1 atom stereocenters. The number of halogens is 3. The van der Waals surface area contributed by atoms with Crippen molar-refractivity contribution in [3.63, 3.8) is 0 Å². The molecule has 0 aliphatic carbocycles. The molecular weight excluding hydrogens is 567 g/mol. The van der Waals surface area contributed by atoms with Crippen LogP contribution >= 0.6 is 0 Å². The Labute approximate surface area is 235 Å². The van der Waals surface area contributed by atoms with E-state index in [1.165, 1.54) is 0 Å². The topological polar surface area (TPSA) is 133 Å². The highest BCUT2D eigenvalue weighted by atomic mass is 32.2. The minimum Gasteiger partial charge on any atom is -0.478 e. The van der Waals surface area contributed by atoms with Gasteiger partial charge in [0.15, 0.2) is 0 Å². The normalized spacial score (nSPS) is 16.9. The number of carboxylic acid groups (broad SMARTS) is 1. The Kier molecular flexibility index (Phi) is 9.49. The van der Waals surface area contributed by atoms with Crippen LogP contribution in [-0.4, -0.2) is 72.6 Å². The Bertz CT molecular complexity index is 1400. The molecule has 0 saturated carbocycles. The van der Waals surface area contributed by atoms with Crippen molar-refractivity contribution in [2.75, 3.05) is 19.6 Å². The summed E-state index contributed by atoms with van der Waals surface area (Å²) >= 11 is 0. The first kappa shape index (κ1) is 31.6. The molecule has 222 valence electrons. The number of nitrogens with zero attached hydrogens (tertiary/aromatic N) is 2. The number of piperazine rings is 1. The first-order valence-electron chi connectivity index (χ1n) is 12.4. The van der Waals surface area contributed by atoms with Crippen molar-refractivity contribution in [1.29, 1.82) is 0 Å². The van der Waals surface area contributed by atoms with Crippen molar-refractivity contribution >= 4 is 27.8 Å². The highest BCUT2D eigenvalue weighted by molar-refractivity contribution is 7.89. The molecule has 0 radical (unpaired) electrons. The van der Waals surface area contributed by atoms with Gasteiger partial charge in [0, 0.05) is 38.3 Å². The number of carbonyl (C=O) groups is 3. The van der Waals surface area contributed by atoms with Gasteiger partial charge >= 0.3 is 12.3 Å². The number of aliphatic carboxylic acids is 1. The Balaban J connectivity index is 1.84. The highest BCUT2D eigenvalue weighted by Gasteiger charge is 2.41. The fourth-order valence-corrected chi connectivity index (χ4v) is 5.66. The number of carboxylic acids is 1. The van der Waals surface area contributed by atoms with Gasteiger partial charge < -0.3 is 20.1 Å². The Hall–Kier alpha value is -3.91. The lowest BCUT2D eigenvalue weighted by Crippen LogP contribution is -2.61. The average molecular weight is 598 g/mol. The Morgan fingerprint density at radius 3 is 2.15 bits per heavy atom. The minimum atomic E-state index is -4.96. The maximum Gasteiger partial charge on any atom is 0.573 e. The Morgan fingerprint density at radius 1 is 1.00 bits per heavy atom. The van der Waals surface area contributed by atoms with E-state index in [1.807, 2.05) is 24.3 Å². The fraction of sp³-hybridized carbons (Fsp3) is 0.370. The predicted molar refractivity (Wildman–Crippen MR) is 141 cm³/mol. The van der Waals surface area contributed by atoms with E-state index < -0.39 is 46.0 Å². The zero-order chi connectivity index (χ0) is 30.6. The van der Waals surface area contributed by atoms with Crippen LogP contribution in [0.2, 0.25) is 0 Å². The fourth-order valence-electron chi connectivity index (χ4n) is 4.09. The third-order valence-electron chi connectivity index (χ3n) is 6.26. The molecule has 1 fully saturated rings. The number of ether oxygens (including phenoxy) is 1. The molecule has 0 spiro atoms. The number of sulfonamides is 1. The lowest BCUT2D eigenvalue weighted by atomic mass is 9.87. The third-order valence-corrected chi connectivity index (χ3v) is 8.19. The number of rotatable bonds is 8. The van der Waals surface area contributed by atoms with Gasteiger partial charge in [-0.3, -0.25) is 9.59 Å². The SMILES string of the molecule is CC(C)(C)c1ccc(CNC(=O)[C@H]2CN(C(=O)C=CC(=O)O)CCN2S(=O)(=O)c2ccc(OC(F)(F)F)cc2)cc1. The lowest BCUT2D eigenvalue weighted by Gasteiger charge is -2.39. The van der Waals surface area contributed by atoms with E-state index in [0.717, 1.165) is 50.7 Å². The van der Waals surface area contributed by atoms with E-state index in [9.17, 15) is 36.0 Å². The van der Waals surface area contributed by atoms with E-state index in [4.69, 9.17) is 5.11 Å². The highest BCUT2D eigenvalue weighted by Crippen LogP contribution is 2.27. The van der Waals surface area contributed by atoms with Gasteiger partial charge in [-0.05, 0) is 40.8 Å². The summed E-state index contributed by atoms with van der Waals surface area (Å²) in [6, 6.07) is 9.61. The van der Waals surface area contributed by atoms with Crippen LogP contribution in [0.1, 0.15) is 31.9 Å². The third kappa shape index (κ3) is 8.54. The van der Waals surface area contributed by atoms with E-state index in [0.29, 0.717) is 6.08 Å². The number of hydrogen-bond donors (Lipinski definition) is 2. The quantitative estimate of drug-likeness (QED) is 0.447. The van der Waals surface area contributed by atoms with Crippen LogP contribution in [0.4, 0.5) is 13.2 Å². The maximum absolute atomic E-state index is 13.5. The largest absolute Gasteiger partial charge is 0.573 e. The first-order chi connectivity index (χ1) is 19.0. The van der Waals surface area contributed by atoms with Crippen molar-refractivity contribution in [3.8, 4) is 5.75 Å². The molecule has 14 heteroatoms. The zero-order valence-electron chi connectivity index (χ0n) is 22.5. The summed E-state index contributed by atoms with van der Waals surface area (Å²) in [6.07, 6.45) is -3.53. The number of hydrogen-bond acceptors (Lipinski definition) is 6. The van der Waals surface area contributed by atoms with Crippen molar-refractivity contribution in [3.05, 3.63) is 71.8 Å². The summed E-state index contributed by atoms with van der Waals surface area (Å²) in [6.45, 7) is 5.35. The molecule has 1 aliphatic heterocycles. The molecule has 0 bridgehead atoms. The summed E-state index contributed by atoms with van der Waals surface area (Å²) in [4.78, 5) is 37.4. The molecule has 1 heterocycles. The van der Waals surface area contributed by atoms with E-state index in [2.05, 4.69) is 30.8 Å². The molecule has 2 aromatic carbocycles. The molecular formula is C27H30F3N3O7S. The number of benzene rings is 2. The summed E-state index contributed by atoms with van der Waals surface area (Å²) < 4.78 is 69.2. The first-order valence-corrected chi connectivity index (χ1v) is 13.9. The number of nitrogens with one attached hydrogen (secondary N) is 1. The van der Waals surface area contributed by atoms with Gasteiger partial charge in [-0.15, -0.1) is 13.2 Å². The van der Waals surface area contributed by atoms with Crippen LogP contribution in [0.15, 0.2) is 65.6 Å². The van der Waals surface area contributed by atoms with Gasteiger partial charge in [-0.2, -0.15) is 4.31 Å². The predicted octanol–water partition coefficient (Wildman–Crippen LogP) is 3.04. The van der Waals surface area contributed by atoms with Crippen LogP contribution in [0.25, 0.3) is 0 Å². The van der Waals surface area contributed by atoms with Crippen LogP contribution in [0.3, 0.4) is 0 Å². The van der Waals surface area contributed by atoms with Gasteiger partial charge in [-0.25, -0.2) is 13.2 Å². The van der Waals surface area contributed by atoms with Crippen LogP contribution < -0.4 is 10.1 Å². The zero-order valence-corrected chi connectivity index (χ0v) is 23.3. The molecule has 41 heavy (non-hydrogen) atoms. The van der Waals surface area contributed by atoms with Gasteiger partial charge in [-0.1, -0.05) is 45.0 Å². The molecule has 3 rings (SSSR count). The molecule has 0 aromatic heterocycles. The van der Waals surface area contributed by atoms with Gasteiger partial charge in [0.25, 0.3) is 0 Å². The maximum atomic E-state index is 13.5. The van der Waals surface area contributed by atoms with E-state index in [1.54, 1.807) is 0 Å². The lowest BCUT2D eigenvalue weighted by molar-refractivity contribution is -0.274. The minimum absolute atomic E-state index is 0.0595. The number of carbonyl (C=O) groups excluding carboxylic acids is 2. The Morgan fingerprint density at radius 2 is 1.61 bits per heavy atom. The van der Waals surface area contributed by atoms with Crippen molar-refractivity contribution in [2.45, 2.75) is 50.0 Å². The van der Waals surface area contributed by atoms with Crippen molar-refractivity contribution in [1.82, 2.24) is 14.5 Å². The van der Waals surface area contributed by atoms with Crippen LogP contribution in [0, 0.1) is 0 Å². The second-order valence-electron chi connectivity index (χ2n) is 10.3. The second-order valence-corrected chi connectivity index (χ2v) is 12.2. The molecule has 2 aromatic rings. The molecule has 2 amide bonds. The molecule has 0 unspecified atom stereocenters. The molecule has 2 N–H and O–H groups in total. The monoisotopic (exact) mass is 597 g/mol. The van der Waals surface area contributed by atoms with Crippen LogP contribution in [0.5, 0.6) is 5.75 Å². The summed E-state index contributed by atoms with van der Waals surface area (Å²) in [7, 11) is -4.41. The van der Waals surface area contributed by atoms with Gasteiger partial charge in [0.05, 0.1) is 4.90 Å². The van der Waals surface area contributed by atoms with Crippen LogP contribution in [-0.2, 0) is 36.4 Å². The second kappa shape index (κ2) is 12.3. The van der Waals surface area contributed by atoms with Gasteiger partial charge in [0.1, 0.15) is 11.8 Å². The summed E-state index contributed by atoms with van der Waals surface area (Å²) in [5, 5.41) is 11.5. The number of amides is 2.